The average Bonchev–Trinajstić information content (AvgIpc) is 3.08. The van der Waals surface area contributed by atoms with Gasteiger partial charge in [0.2, 0.25) is 11.6 Å². The van der Waals surface area contributed by atoms with Gasteiger partial charge in [-0.2, -0.15) is 0 Å². The van der Waals surface area contributed by atoms with Crippen LogP contribution in [0.5, 0.6) is 0 Å². The van der Waals surface area contributed by atoms with E-state index >= 15 is 0 Å². The highest BCUT2D eigenvalue weighted by Crippen LogP contribution is 2.44. The third kappa shape index (κ3) is 3.08. The van der Waals surface area contributed by atoms with E-state index in [2.05, 4.69) is 5.32 Å². The normalized spacial score (nSPS) is 20.5. The number of hydrogen-bond acceptors (Lipinski definition) is 3. The summed E-state index contributed by atoms with van der Waals surface area (Å²) in [7, 11) is 0. The summed E-state index contributed by atoms with van der Waals surface area (Å²) < 4.78 is 0. The van der Waals surface area contributed by atoms with Gasteiger partial charge >= 0.3 is 0 Å². The molecule has 1 fully saturated rings. The van der Waals surface area contributed by atoms with E-state index in [1.54, 1.807) is 41.3 Å². The summed E-state index contributed by atoms with van der Waals surface area (Å²) in [6.45, 7) is 2.60. The lowest BCUT2D eigenvalue weighted by Gasteiger charge is -2.49. The summed E-state index contributed by atoms with van der Waals surface area (Å²) in [5.41, 5.74) is 0.472. The molecular formula is C22H22ClN3O3. The first-order valence-electron chi connectivity index (χ1n) is 9.76. The molecule has 3 amide bonds. The minimum atomic E-state index is -1.34. The second kappa shape index (κ2) is 7.52. The number of fused-ring (bicyclic) bond motifs is 3. The van der Waals surface area contributed by atoms with Crippen LogP contribution < -0.4 is 10.2 Å². The molecule has 2 aliphatic rings. The van der Waals surface area contributed by atoms with Crippen molar-refractivity contribution in [3.8, 4) is 0 Å². The molecule has 0 saturated carbocycles. The second-order valence-electron chi connectivity index (χ2n) is 7.33. The van der Waals surface area contributed by atoms with Gasteiger partial charge in [0.25, 0.3) is 11.8 Å². The van der Waals surface area contributed by atoms with E-state index in [0.717, 1.165) is 5.56 Å². The number of amides is 3. The number of carbonyl (C=O) groups is 3. The number of nitrogens with one attached hydrogen (secondary N) is 1. The Bertz CT molecular complexity index is 993. The number of carbonyl (C=O) groups excluding carboxylic acids is 3. The number of hydrogen-bond donors (Lipinski definition) is 1. The van der Waals surface area contributed by atoms with Crippen molar-refractivity contribution in [1.82, 2.24) is 10.2 Å². The van der Waals surface area contributed by atoms with Gasteiger partial charge in [0.05, 0.1) is 11.3 Å². The molecule has 6 nitrogen and oxygen atoms in total. The Kier molecular flexibility index (Phi) is 5.04. The minimum absolute atomic E-state index is 0.149. The first-order chi connectivity index (χ1) is 14.0. The quantitative estimate of drug-likeness (QED) is 0.820. The maximum Gasteiger partial charge on any atom is 0.267 e. The fraction of sp³-hybridized carbons (Fsp3) is 0.318. The van der Waals surface area contributed by atoms with E-state index in [4.69, 9.17) is 11.6 Å². The molecule has 2 heterocycles. The smallest absolute Gasteiger partial charge is 0.267 e. The van der Waals surface area contributed by atoms with E-state index in [1.807, 2.05) is 19.1 Å². The van der Waals surface area contributed by atoms with Crippen molar-refractivity contribution >= 4 is 35.0 Å². The molecule has 2 aliphatic heterocycles. The van der Waals surface area contributed by atoms with E-state index < -0.39 is 5.66 Å². The number of halogens is 1. The van der Waals surface area contributed by atoms with Crippen LogP contribution in [-0.4, -0.2) is 34.8 Å². The fourth-order valence-electron chi connectivity index (χ4n) is 4.28. The van der Waals surface area contributed by atoms with Crippen LogP contribution in [0.4, 0.5) is 5.69 Å². The highest BCUT2D eigenvalue weighted by atomic mass is 35.5. The molecule has 2 aromatic carbocycles. The fourth-order valence-corrected chi connectivity index (χ4v) is 4.49. The highest BCUT2D eigenvalue weighted by Gasteiger charge is 2.60. The van der Waals surface area contributed by atoms with Crippen LogP contribution in [0.3, 0.4) is 0 Å². The van der Waals surface area contributed by atoms with E-state index in [-0.39, 0.29) is 37.1 Å². The number of rotatable bonds is 5. The van der Waals surface area contributed by atoms with E-state index in [9.17, 15) is 14.4 Å². The minimum Gasteiger partial charge on any atom is -0.348 e. The monoisotopic (exact) mass is 411 g/mol. The summed E-state index contributed by atoms with van der Waals surface area (Å²) in [6.07, 6.45) is 1.17. The topological polar surface area (TPSA) is 69.7 Å². The molecule has 4 rings (SSSR count). The molecule has 29 heavy (non-hydrogen) atoms. The van der Waals surface area contributed by atoms with Crippen LogP contribution >= 0.6 is 11.6 Å². The molecule has 1 atom stereocenters. The summed E-state index contributed by atoms with van der Waals surface area (Å²) >= 11 is 6.04. The van der Waals surface area contributed by atoms with Crippen LogP contribution in [0.25, 0.3) is 0 Å². The summed E-state index contributed by atoms with van der Waals surface area (Å²) in [5, 5.41) is 3.52. The van der Waals surface area contributed by atoms with Crippen LogP contribution in [0, 0.1) is 0 Å². The Hall–Kier alpha value is -2.86. The second-order valence-corrected chi connectivity index (χ2v) is 7.77. The molecule has 0 spiro atoms. The largest absolute Gasteiger partial charge is 0.348 e. The lowest BCUT2D eigenvalue weighted by Crippen LogP contribution is -2.70. The van der Waals surface area contributed by atoms with Crippen LogP contribution in [-0.2, 0) is 16.1 Å². The van der Waals surface area contributed by atoms with Gasteiger partial charge in [0.15, 0.2) is 0 Å². The van der Waals surface area contributed by atoms with Crippen LogP contribution in [0.15, 0.2) is 48.5 Å². The first-order valence-corrected chi connectivity index (χ1v) is 10.1. The number of benzene rings is 2. The van der Waals surface area contributed by atoms with Crippen molar-refractivity contribution in [3.63, 3.8) is 0 Å². The third-order valence-corrected chi connectivity index (χ3v) is 5.76. The van der Waals surface area contributed by atoms with Gasteiger partial charge in [-0.05, 0) is 36.2 Å². The van der Waals surface area contributed by atoms with Gasteiger partial charge in [-0.3, -0.25) is 19.3 Å². The Morgan fingerprint density at radius 2 is 1.97 bits per heavy atom. The maximum absolute atomic E-state index is 13.5. The number of para-hydroxylation sites is 1. The highest BCUT2D eigenvalue weighted by molar-refractivity contribution is 6.30. The zero-order valence-electron chi connectivity index (χ0n) is 16.2. The Balaban J connectivity index is 1.74. The van der Waals surface area contributed by atoms with Gasteiger partial charge in [-0.25, -0.2) is 0 Å². The standard InChI is InChI=1S/C22H22ClN3O3/c1-2-12-25-20(28)17-8-3-4-9-18(17)26-19(27)10-11-22(25,26)21(29)24-14-15-6-5-7-16(23)13-15/h3-9,13H,2,10-12,14H2,1H3,(H,24,29)/t22-/m1/s1. The van der Waals surface area contributed by atoms with Crippen molar-refractivity contribution in [2.45, 2.75) is 38.4 Å². The average molecular weight is 412 g/mol. The molecule has 0 radical (unpaired) electrons. The van der Waals surface area contributed by atoms with Crippen LogP contribution in [0.2, 0.25) is 5.02 Å². The van der Waals surface area contributed by atoms with Crippen molar-refractivity contribution < 1.29 is 14.4 Å². The lowest BCUT2D eigenvalue weighted by atomic mass is 9.95. The van der Waals surface area contributed by atoms with E-state index in [1.165, 1.54) is 4.90 Å². The van der Waals surface area contributed by atoms with Gasteiger partial charge < -0.3 is 10.2 Å². The predicted molar refractivity (Wildman–Crippen MR) is 111 cm³/mol. The zero-order chi connectivity index (χ0) is 20.6. The first kappa shape index (κ1) is 19.5. The van der Waals surface area contributed by atoms with Crippen LogP contribution in [0.1, 0.15) is 42.1 Å². The molecule has 0 bridgehead atoms. The van der Waals surface area contributed by atoms with Crippen molar-refractivity contribution in [2.75, 3.05) is 11.4 Å². The molecule has 7 heteroatoms. The van der Waals surface area contributed by atoms with Gasteiger partial charge in [-0.15, -0.1) is 0 Å². The molecule has 2 aromatic rings. The van der Waals surface area contributed by atoms with Gasteiger partial charge in [0.1, 0.15) is 0 Å². The Morgan fingerprint density at radius 1 is 1.17 bits per heavy atom. The maximum atomic E-state index is 13.5. The molecule has 0 aliphatic carbocycles. The molecule has 0 aromatic heterocycles. The van der Waals surface area contributed by atoms with E-state index in [0.29, 0.717) is 29.2 Å². The molecule has 0 unspecified atom stereocenters. The number of anilines is 1. The molecular weight excluding hydrogens is 390 g/mol. The SMILES string of the molecule is CCCN1C(=O)c2ccccc2N2C(=O)CC[C@@]12C(=O)NCc1cccc(Cl)c1. The summed E-state index contributed by atoms with van der Waals surface area (Å²) in [5.74, 6) is -0.713. The number of nitrogens with zero attached hydrogens (tertiary/aromatic N) is 2. The molecule has 150 valence electrons. The Morgan fingerprint density at radius 3 is 2.72 bits per heavy atom. The van der Waals surface area contributed by atoms with Crippen molar-refractivity contribution in [2.24, 2.45) is 0 Å². The predicted octanol–water partition coefficient (Wildman–Crippen LogP) is 3.35. The van der Waals surface area contributed by atoms with Gasteiger partial charge in [0, 0.05) is 31.0 Å². The third-order valence-electron chi connectivity index (χ3n) is 5.53. The summed E-state index contributed by atoms with van der Waals surface area (Å²) in [6, 6.07) is 14.2. The summed E-state index contributed by atoms with van der Waals surface area (Å²) in [4.78, 5) is 42.7. The van der Waals surface area contributed by atoms with Gasteiger partial charge in [-0.1, -0.05) is 42.8 Å². The van der Waals surface area contributed by atoms with Crippen molar-refractivity contribution in [3.05, 3.63) is 64.7 Å². The Labute approximate surface area is 174 Å². The molecule has 1 N–H and O–H groups in total. The molecule has 1 saturated heterocycles. The van der Waals surface area contributed by atoms with Crippen molar-refractivity contribution in [1.29, 1.82) is 0 Å². The lowest BCUT2D eigenvalue weighted by molar-refractivity contribution is -0.133. The zero-order valence-corrected chi connectivity index (χ0v) is 16.9.